The highest BCUT2D eigenvalue weighted by molar-refractivity contribution is 5.74. The van der Waals surface area contributed by atoms with Gasteiger partial charge >= 0.3 is 0 Å². The molecule has 7 heteroatoms. The van der Waals surface area contributed by atoms with Crippen molar-refractivity contribution in [2.45, 2.75) is 32.9 Å². The van der Waals surface area contributed by atoms with E-state index in [2.05, 4.69) is 26.5 Å². The number of anilines is 1. The van der Waals surface area contributed by atoms with Gasteiger partial charge in [-0.05, 0) is 38.5 Å². The minimum atomic E-state index is -0.271. The van der Waals surface area contributed by atoms with Crippen molar-refractivity contribution in [2.24, 2.45) is 0 Å². The molecule has 0 amide bonds. The molecule has 0 saturated heterocycles. The van der Waals surface area contributed by atoms with Crippen molar-refractivity contribution in [1.82, 2.24) is 19.7 Å². The lowest BCUT2D eigenvalue weighted by molar-refractivity contribution is 0.366. The lowest BCUT2D eigenvalue weighted by atomic mass is 10.1. The Morgan fingerprint density at radius 2 is 2.00 bits per heavy atom. The maximum Gasteiger partial charge on any atom is 0.263 e. The number of fused-ring (bicyclic) bond motifs is 1. The largest absolute Gasteiger partial charge is 0.352 e. The zero-order valence-electron chi connectivity index (χ0n) is 13.8. The van der Waals surface area contributed by atoms with Crippen LogP contribution >= 0.6 is 0 Å². The molecule has 122 valence electrons. The number of hydrogen-bond donors (Lipinski definition) is 2. The van der Waals surface area contributed by atoms with Gasteiger partial charge in [-0.1, -0.05) is 12.1 Å². The molecular formula is C17H18N6O. The van der Waals surface area contributed by atoms with Gasteiger partial charge in [-0.25, -0.2) is 4.68 Å². The third kappa shape index (κ3) is 2.99. The molecule has 0 saturated carbocycles. The lowest BCUT2D eigenvalue weighted by Gasteiger charge is -2.19. The molecule has 0 spiro atoms. The molecule has 0 bridgehead atoms. The summed E-state index contributed by atoms with van der Waals surface area (Å²) in [4.78, 5) is 19.4. The average molecular weight is 322 g/mol. The maximum absolute atomic E-state index is 12.2. The van der Waals surface area contributed by atoms with E-state index in [9.17, 15) is 4.79 Å². The highest BCUT2D eigenvalue weighted by atomic mass is 16.1. The Hall–Kier alpha value is -3.14. The third-order valence-electron chi connectivity index (χ3n) is 3.62. The molecule has 3 rings (SSSR count). The molecule has 2 heterocycles. The molecule has 0 aliphatic carbocycles. The summed E-state index contributed by atoms with van der Waals surface area (Å²) in [5, 5.41) is 16.7. The van der Waals surface area contributed by atoms with Gasteiger partial charge in [0.15, 0.2) is 5.65 Å². The Morgan fingerprint density at radius 3 is 2.62 bits per heavy atom. The predicted octanol–water partition coefficient (Wildman–Crippen LogP) is 2.36. The highest BCUT2D eigenvalue weighted by Crippen LogP contribution is 2.18. The van der Waals surface area contributed by atoms with E-state index in [0.29, 0.717) is 29.1 Å². The van der Waals surface area contributed by atoms with Crippen LogP contribution in [0.2, 0.25) is 0 Å². The normalized spacial score (nSPS) is 11.4. The molecule has 3 aromatic rings. The van der Waals surface area contributed by atoms with Crippen molar-refractivity contribution in [2.75, 3.05) is 5.32 Å². The number of nitrogens with one attached hydrogen (secondary N) is 2. The Balaban J connectivity index is 1.89. The van der Waals surface area contributed by atoms with Crippen molar-refractivity contribution in [3.8, 4) is 6.07 Å². The van der Waals surface area contributed by atoms with Crippen LogP contribution in [0.4, 0.5) is 5.95 Å². The molecule has 2 aromatic heterocycles. The number of aromatic nitrogens is 4. The molecule has 0 unspecified atom stereocenters. The summed E-state index contributed by atoms with van der Waals surface area (Å²) in [6.07, 6.45) is 1.54. The van der Waals surface area contributed by atoms with Crippen LogP contribution in [0.5, 0.6) is 0 Å². The Labute approximate surface area is 139 Å². The molecule has 0 radical (unpaired) electrons. The topological polar surface area (TPSA) is 99.4 Å². The minimum Gasteiger partial charge on any atom is -0.352 e. The maximum atomic E-state index is 12.2. The Morgan fingerprint density at radius 1 is 1.29 bits per heavy atom. The van der Waals surface area contributed by atoms with Crippen LogP contribution in [-0.2, 0) is 12.1 Å². The number of hydrogen-bond acceptors (Lipinski definition) is 5. The summed E-state index contributed by atoms with van der Waals surface area (Å²) in [7, 11) is 0. The van der Waals surface area contributed by atoms with Gasteiger partial charge in [0.1, 0.15) is 5.39 Å². The molecule has 7 nitrogen and oxygen atoms in total. The van der Waals surface area contributed by atoms with Crippen LogP contribution in [0.15, 0.2) is 35.3 Å². The standard InChI is InChI=1S/C17H18N6O/c1-17(2,3)23-14-13(10-20-23)15(24)22-16(21-14)19-9-12-6-4-11(8-18)5-7-12/h4-7,10H,9H2,1-3H3,(H2,19,21,22,24). The summed E-state index contributed by atoms with van der Waals surface area (Å²) < 4.78 is 1.74. The summed E-state index contributed by atoms with van der Waals surface area (Å²) in [6, 6.07) is 9.32. The molecule has 0 fully saturated rings. The van der Waals surface area contributed by atoms with E-state index in [4.69, 9.17) is 5.26 Å². The fraction of sp³-hybridized carbons (Fsp3) is 0.294. The highest BCUT2D eigenvalue weighted by Gasteiger charge is 2.19. The van der Waals surface area contributed by atoms with Gasteiger partial charge in [0, 0.05) is 6.54 Å². The molecule has 2 N–H and O–H groups in total. The van der Waals surface area contributed by atoms with E-state index in [0.717, 1.165) is 5.56 Å². The predicted molar refractivity (Wildman–Crippen MR) is 91.6 cm³/mol. The zero-order valence-corrected chi connectivity index (χ0v) is 13.8. The zero-order chi connectivity index (χ0) is 17.3. The van der Waals surface area contributed by atoms with Crippen molar-refractivity contribution < 1.29 is 0 Å². The monoisotopic (exact) mass is 322 g/mol. The van der Waals surface area contributed by atoms with Crippen LogP contribution in [0.25, 0.3) is 11.0 Å². The van der Waals surface area contributed by atoms with Crippen LogP contribution < -0.4 is 10.9 Å². The minimum absolute atomic E-state index is 0.224. The van der Waals surface area contributed by atoms with Gasteiger partial charge in [-0.2, -0.15) is 15.3 Å². The molecule has 0 aliphatic heterocycles. The van der Waals surface area contributed by atoms with Crippen LogP contribution in [0.3, 0.4) is 0 Å². The number of benzene rings is 1. The summed E-state index contributed by atoms with van der Waals surface area (Å²) in [6.45, 7) is 6.51. The number of nitriles is 1. The first-order valence-corrected chi connectivity index (χ1v) is 7.60. The second kappa shape index (κ2) is 5.81. The van der Waals surface area contributed by atoms with Crippen molar-refractivity contribution in [3.63, 3.8) is 0 Å². The first-order valence-electron chi connectivity index (χ1n) is 7.60. The van der Waals surface area contributed by atoms with E-state index in [1.54, 1.807) is 16.8 Å². The van der Waals surface area contributed by atoms with E-state index >= 15 is 0 Å². The van der Waals surface area contributed by atoms with E-state index in [1.165, 1.54) is 6.20 Å². The molecule has 0 aliphatic rings. The lowest BCUT2D eigenvalue weighted by Crippen LogP contribution is -2.24. The first kappa shape index (κ1) is 15.7. The van der Waals surface area contributed by atoms with Crippen LogP contribution in [-0.4, -0.2) is 19.7 Å². The molecular weight excluding hydrogens is 304 g/mol. The van der Waals surface area contributed by atoms with Crippen molar-refractivity contribution >= 4 is 17.0 Å². The molecule has 24 heavy (non-hydrogen) atoms. The van der Waals surface area contributed by atoms with Crippen LogP contribution in [0, 0.1) is 11.3 Å². The Bertz CT molecular complexity index is 969. The van der Waals surface area contributed by atoms with E-state index < -0.39 is 0 Å². The summed E-state index contributed by atoms with van der Waals surface area (Å²) in [5.74, 6) is 0.392. The number of nitrogens with zero attached hydrogens (tertiary/aromatic N) is 4. The van der Waals surface area contributed by atoms with E-state index in [1.807, 2.05) is 32.9 Å². The van der Waals surface area contributed by atoms with Gasteiger partial charge < -0.3 is 5.32 Å². The summed E-state index contributed by atoms with van der Waals surface area (Å²) in [5.41, 5.74) is 1.65. The van der Waals surface area contributed by atoms with Gasteiger partial charge in [0.05, 0.1) is 23.4 Å². The second-order valence-electron chi connectivity index (χ2n) is 6.54. The fourth-order valence-electron chi connectivity index (χ4n) is 2.38. The van der Waals surface area contributed by atoms with Crippen LogP contribution in [0.1, 0.15) is 31.9 Å². The first-order chi connectivity index (χ1) is 11.4. The fourth-order valence-corrected chi connectivity index (χ4v) is 2.38. The van der Waals surface area contributed by atoms with E-state index in [-0.39, 0.29) is 11.1 Å². The van der Waals surface area contributed by atoms with Gasteiger partial charge in [-0.3, -0.25) is 9.78 Å². The summed E-state index contributed by atoms with van der Waals surface area (Å²) >= 11 is 0. The average Bonchev–Trinajstić information content (AvgIpc) is 2.98. The third-order valence-corrected chi connectivity index (χ3v) is 3.62. The number of H-pyrrole nitrogens is 1. The number of rotatable bonds is 3. The van der Waals surface area contributed by atoms with Gasteiger partial charge in [0.2, 0.25) is 5.95 Å². The Kier molecular flexibility index (Phi) is 3.81. The quantitative estimate of drug-likeness (QED) is 0.771. The van der Waals surface area contributed by atoms with Crippen molar-refractivity contribution in [3.05, 3.63) is 51.9 Å². The molecule has 1 aromatic carbocycles. The van der Waals surface area contributed by atoms with Crippen molar-refractivity contribution in [1.29, 1.82) is 5.26 Å². The van der Waals surface area contributed by atoms with Gasteiger partial charge in [0.25, 0.3) is 5.56 Å². The number of aromatic amines is 1. The second-order valence-corrected chi connectivity index (χ2v) is 6.54. The molecule has 0 atom stereocenters. The van der Waals surface area contributed by atoms with Gasteiger partial charge in [-0.15, -0.1) is 0 Å². The SMILES string of the molecule is CC(C)(C)n1ncc2c(=O)[nH]c(NCc3ccc(C#N)cc3)nc21. The smallest absolute Gasteiger partial charge is 0.263 e.